The molecule has 0 aliphatic carbocycles. The van der Waals surface area contributed by atoms with Gasteiger partial charge in [-0.05, 0) is 39.0 Å². The average Bonchev–Trinajstić information content (AvgIpc) is 2.28. The number of nitrogens with one attached hydrogen (secondary N) is 1. The van der Waals surface area contributed by atoms with Gasteiger partial charge in [-0.15, -0.1) is 0 Å². The lowest BCUT2D eigenvalue weighted by Crippen LogP contribution is -2.40. The van der Waals surface area contributed by atoms with E-state index in [0.717, 1.165) is 12.1 Å². The summed E-state index contributed by atoms with van der Waals surface area (Å²) in [5.41, 5.74) is 4.32. The number of rotatable bonds is 2. The molecule has 4 N–H and O–H groups in total. The van der Waals surface area contributed by atoms with Crippen molar-refractivity contribution >= 4 is 23.7 Å². The van der Waals surface area contributed by atoms with Gasteiger partial charge in [-0.3, -0.25) is 5.32 Å². The van der Waals surface area contributed by atoms with E-state index in [1.807, 2.05) is 0 Å². The molecule has 0 aliphatic heterocycles. The molecule has 0 aliphatic rings. The van der Waals surface area contributed by atoms with Crippen LogP contribution in [-0.2, 0) is 4.74 Å². The van der Waals surface area contributed by atoms with Gasteiger partial charge >= 0.3 is 12.1 Å². The van der Waals surface area contributed by atoms with E-state index >= 15 is 0 Å². The molecule has 1 aromatic carbocycles. The Labute approximate surface area is 120 Å². The third-order valence-corrected chi connectivity index (χ3v) is 2.06. The summed E-state index contributed by atoms with van der Waals surface area (Å²) in [4.78, 5) is 25.7. The minimum absolute atomic E-state index is 0.200. The maximum atomic E-state index is 13.6. The standard InChI is InChI=1S/C13H16FN3O4/c1-13(2,3)21-12(20)17-11(15)16-9-5-4-7(10(18)19)6-8(9)14/h4-6H,1-3H3,(H,18,19)(H3,15,16,17,20). The van der Waals surface area contributed by atoms with E-state index in [1.54, 1.807) is 20.8 Å². The van der Waals surface area contributed by atoms with Crippen LogP contribution in [0.5, 0.6) is 0 Å². The molecule has 7 nitrogen and oxygen atoms in total. The zero-order chi connectivity index (χ0) is 16.2. The summed E-state index contributed by atoms with van der Waals surface area (Å²) in [6.45, 7) is 5.01. The van der Waals surface area contributed by atoms with Crippen molar-refractivity contribution in [3.05, 3.63) is 29.6 Å². The Bertz CT molecular complexity index is 594. The normalized spacial score (nSPS) is 11.9. The van der Waals surface area contributed by atoms with Gasteiger partial charge in [0.15, 0.2) is 0 Å². The zero-order valence-electron chi connectivity index (χ0n) is 11.8. The van der Waals surface area contributed by atoms with Gasteiger partial charge in [0.05, 0.1) is 5.56 Å². The molecule has 1 amide bonds. The summed E-state index contributed by atoms with van der Waals surface area (Å²) >= 11 is 0. The highest BCUT2D eigenvalue weighted by Gasteiger charge is 2.17. The van der Waals surface area contributed by atoms with Crippen LogP contribution >= 0.6 is 0 Å². The summed E-state index contributed by atoms with van der Waals surface area (Å²) in [7, 11) is 0. The van der Waals surface area contributed by atoms with Crippen molar-refractivity contribution in [2.45, 2.75) is 26.4 Å². The van der Waals surface area contributed by atoms with Gasteiger partial charge in [0.1, 0.15) is 17.1 Å². The van der Waals surface area contributed by atoms with E-state index in [1.165, 1.54) is 6.07 Å². The van der Waals surface area contributed by atoms with Crippen molar-refractivity contribution < 1.29 is 23.8 Å². The maximum absolute atomic E-state index is 13.6. The second-order valence-corrected chi connectivity index (χ2v) is 5.10. The van der Waals surface area contributed by atoms with E-state index in [4.69, 9.17) is 15.6 Å². The first-order valence-corrected chi connectivity index (χ1v) is 5.95. The number of hydrogen-bond acceptors (Lipinski definition) is 4. The summed E-state index contributed by atoms with van der Waals surface area (Å²) in [5, 5.41) is 10.8. The first-order valence-electron chi connectivity index (χ1n) is 5.95. The molecule has 1 aromatic rings. The Morgan fingerprint density at radius 1 is 1.38 bits per heavy atom. The van der Waals surface area contributed by atoms with Gasteiger partial charge in [0.25, 0.3) is 0 Å². The number of halogens is 1. The number of amides is 1. The lowest BCUT2D eigenvalue weighted by Gasteiger charge is -2.19. The van der Waals surface area contributed by atoms with Gasteiger partial charge in [0.2, 0.25) is 5.96 Å². The Hall–Kier alpha value is -2.64. The predicted molar refractivity (Wildman–Crippen MR) is 74.0 cm³/mol. The monoisotopic (exact) mass is 297 g/mol. The van der Waals surface area contributed by atoms with Gasteiger partial charge in [-0.1, -0.05) is 0 Å². The summed E-state index contributed by atoms with van der Waals surface area (Å²) in [6, 6.07) is 3.12. The lowest BCUT2D eigenvalue weighted by atomic mass is 10.2. The van der Waals surface area contributed by atoms with Crippen LogP contribution in [0.1, 0.15) is 31.1 Å². The highest BCUT2D eigenvalue weighted by atomic mass is 19.1. The van der Waals surface area contributed by atoms with Gasteiger partial charge in [-0.25, -0.2) is 19.0 Å². The van der Waals surface area contributed by atoms with E-state index in [-0.39, 0.29) is 17.2 Å². The summed E-state index contributed by atoms with van der Waals surface area (Å²) in [5.74, 6) is -2.50. The summed E-state index contributed by atoms with van der Waals surface area (Å²) in [6.07, 6.45) is -0.827. The van der Waals surface area contributed by atoms with Crippen LogP contribution in [-0.4, -0.2) is 28.7 Å². The Kier molecular flexibility index (Phi) is 4.85. The molecule has 0 unspecified atom stereocenters. The summed E-state index contributed by atoms with van der Waals surface area (Å²) < 4.78 is 18.6. The number of benzene rings is 1. The van der Waals surface area contributed by atoms with E-state index in [2.05, 4.69) is 10.3 Å². The number of ether oxygens (including phenoxy) is 1. The average molecular weight is 297 g/mol. The quantitative estimate of drug-likeness (QED) is 0.570. The highest BCUT2D eigenvalue weighted by molar-refractivity contribution is 5.94. The third-order valence-electron chi connectivity index (χ3n) is 2.06. The van der Waals surface area contributed by atoms with Crippen molar-refractivity contribution in [3.63, 3.8) is 0 Å². The van der Waals surface area contributed by atoms with Crippen LogP contribution in [0.3, 0.4) is 0 Å². The largest absolute Gasteiger partial charge is 0.478 e. The first-order chi connectivity index (χ1) is 9.58. The fourth-order valence-corrected chi connectivity index (χ4v) is 1.30. The number of carboxylic acid groups (broad SMARTS) is 1. The Balaban J connectivity index is 2.83. The first kappa shape index (κ1) is 16.4. The molecule has 1 rings (SSSR count). The number of guanidine groups is 1. The Morgan fingerprint density at radius 3 is 2.48 bits per heavy atom. The molecule has 0 saturated carbocycles. The van der Waals surface area contributed by atoms with Crippen molar-refractivity contribution in [2.75, 3.05) is 0 Å². The van der Waals surface area contributed by atoms with Gasteiger partial charge in [0, 0.05) is 0 Å². The van der Waals surface area contributed by atoms with Crippen molar-refractivity contribution in [1.82, 2.24) is 5.32 Å². The number of carbonyl (C=O) groups is 2. The fraction of sp³-hybridized carbons (Fsp3) is 0.308. The van der Waals surface area contributed by atoms with Crippen molar-refractivity contribution in [1.29, 1.82) is 0 Å². The molecule has 0 fully saturated rings. The smallest absolute Gasteiger partial charge is 0.414 e. The van der Waals surface area contributed by atoms with Crippen LogP contribution in [0.2, 0.25) is 0 Å². The van der Waals surface area contributed by atoms with Gasteiger partial charge < -0.3 is 15.6 Å². The number of aromatic carboxylic acids is 1. The lowest BCUT2D eigenvalue weighted by molar-refractivity contribution is 0.0561. The second kappa shape index (κ2) is 6.21. The molecule has 0 aromatic heterocycles. The third kappa shape index (κ3) is 5.47. The number of nitrogens with zero attached hydrogens (tertiary/aromatic N) is 1. The second-order valence-electron chi connectivity index (χ2n) is 5.10. The number of carboxylic acids is 1. The Morgan fingerprint density at radius 2 is 2.00 bits per heavy atom. The molecule has 0 radical (unpaired) electrons. The molecule has 21 heavy (non-hydrogen) atoms. The minimum atomic E-state index is -1.26. The predicted octanol–water partition coefficient (Wildman–Crippen LogP) is 1.99. The molecular formula is C13H16FN3O4. The number of hydrogen-bond donors (Lipinski definition) is 3. The molecule has 8 heteroatoms. The SMILES string of the molecule is CC(C)(C)OC(=O)NC(N)=Nc1ccc(C(=O)O)cc1F. The molecule has 114 valence electrons. The van der Waals surface area contributed by atoms with Crippen molar-refractivity contribution in [3.8, 4) is 0 Å². The van der Waals surface area contributed by atoms with E-state index < -0.39 is 23.5 Å². The molecular weight excluding hydrogens is 281 g/mol. The van der Waals surface area contributed by atoms with Gasteiger partial charge in [-0.2, -0.15) is 0 Å². The maximum Gasteiger partial charge on any atom is 0.414 e. The highest BCUT2D eigenvalue weighted by Crippen LogP contribution is 2.18. The number of aliphatic imine (C=N–C) groups is 1. The molecule has 0 spiro atoms. The number of alkyl carbamates (subject to hydrolysis) is 1. The molecule has 0 saturated heterocycles. The van der Waals surface area contributed by atoms with E-state index in [0.29, 0.717) is 0 Å². The topological polar surface area (TPSA) is 114 Å². The van der Waals surface area contributed by atoms with Crippen LogP contribution in [0.25, 0.3) is 0 Å². The van der Waals surface area contributed by atoms with Crippen LogP contribution in [0.4, 0.5) is 14.9 Å². The van der Waals surface area contributed by atoms with Crippen LogP contribution < -0.4 is 11.1 Å². The van der Waals surface area contributed by atoms with E-state index in [9.17, 15) is 14.0 Å². The zero-order valence-corrected chi connectivity index (χ0v) is 11.8. The van der Waals surface area contributed by atoms with Crippen LogP contribution in [0.15, 0.2) is 23.2 Å². The molecule has 0 heterocycles. The van der Waals surface area contributed by atoms with Crippen LogP contribution in [0, 0.1) is 5.82 Å². The number of carbonyl (C=O) groups excluding carboxylic acids is 1. The molecule has 0 atom stereocenters. The molecule has 0 bridgehead atoms. The van der Waals surface area contributed by atoms with Crippen molar-refractivity contribution in [2.24, 2.45) is 10.7 Å². The number of nitrogens with two attached hydrogens (primary N) is 1. The minimum Gasteiger partial charge on any atom is -0.478 e. The fourth-order valence-electron chi connectivity index (χ4n) is 1.30.